The van der Waals surface area contributed by atoms with Gasteiger partial charge in [-0.15, -0.1) is 0 Å². The molecule has 0 saturated carbocycles. The van der Waals surface area contributed by atoms with Gasteiger partial charge in [0.05, 0.1) is 11.3 Å². The van der Waals surface area contributed by atoms with Crippen LogP contribution in [0.5, 0.6) is 0 Å². The Labute approximate surface area is 203 Å². The van der Waals surface area contributed by atoms with E-state index in [9.17, 15) is 14.4 Å². The molecule has 3 aromatic rings. The molecule has 8 heteroatoms. The Bertz CT molecular complexity index is 1390. The minimum Gasteiger partial charge on any atom is -0.294 e. The van der Waals surface area contributed by atoms with Gasteiger partial charge in [-0.1, -0.05) is 31.5 Å². The van der Waals surface area contributed by atoms with Gasteiger partial charge in [0.1, 0.15) is 5.57 Å². The molecule has 4 rings (SSSR count). The highest BCUT2D eigenvalue weighted by Gasteiger charge is 2.48. The van der Waals surface area contributed by atoms with Gasteiger partial charge in [0, 0.05) is 27.9 Å². The van der Waals surface area contributed by atoms with E-state index in [0.29, 0.717) is 16.4 Å². The molecular formula is C26H28ClN4O3+. The molecule has 0 atom stereocenters. The number of H-pyrrole nitrogens is 1. The molecule has 1 N–H and O–H groups in total. The number of imide groups is 1. The van der Waals surface area contributed by atoms with Gasteiger partial charge in [-0.3, -0.25) is 24.4 Å². The number of aryl methyl sites for hydroxylation is 2. The molecule has 1 aliphatic rings. The zero-order valence-corrected chi connectivity index (χ0v) is 20.9. The molecule has 0 saturated heterocycles. The Hall–Kier alpha value is -3.45. The second-order valence-corrected chi connectivity index (χ2v) is 9.71. The molecule has 0 radical (unpaired) electrons. The van der Waals surface area contributed by atoms with Crippen LogP contribution in [0.25, 0.3) is 17.0 Å². The van der Waals surface area contributed by atoms with Gasteiger partial charge < -0.3 is 0 Å². The summed E-state index contributed by atoms with van der Waals surface area (Å²) in [5.74, 6) is -1.01. The number of rotatable bonds is 5. The Morgan fingerprint density at radius 3 is 2.15 bits per heavy atom. The number of amides is 2. The van der Waals surface area contributed by atoms with E-state index in [4.69, 9.17) is 11.6 Å². The first kappa shape index (κ1) is 23.7. The Kier molecular flexibility index (Phi) is 6.08. The lowest BCUT2D eigenvalue weighted by Crippen LogP contribution is -2.42. The standard InChI is InChI=1S/C26H27ClN4O3/c1-14(2)22-20(25(33)31(28-22)19-9-7-8-18(27)11-19)21-23(26(34)30(15(3)4)24(21)32)29-12-16(5)10-17(6)13-29/h7-15H,1-6H3/p+1. The maximum Gasteiger partial charge on any atom is 0.327 e. The molecule has 3 heterocycles. The summed E-state index contributed by atoms with van der Waals surface area (Å²) in [6.45, 7) is 11.3. The van der Waals surface area contributed by atoms with Crippen LogP contribution in [0, 0.1) is 13.8 Å². The average molecular weight is 480 g/mol. The van der Waals surface area contributed by atoms with E-state index in [1.54, 1.807) is 55.1 Å². The summed E-state index contributed by atoms with van der Waals surface area (Å²) in [5, 5.41) is 3.65. The van der Waals surface area contributed by atoms with E-state index in [2.05, 4.69) is 5.10 Å². The van der Waals surface area contributed by atoms with Crippen LogP contribution >= 0.6 is 11.6 Å². The van der Waals surface area contributed by atoms with Gasteiger partial charge in [-0.2, -0.15) is 4.57 Å². The second kappa shape index (κ2) is 8.72. The Balaban J connectivity index is 2.08. The van der Waals surface area contributed by atoms with Crippen LogP contribution in [-0.2, 0) is 9.59 Å². The number of halogens is 1. The normalized spacial score (nSPS) is 14.3. The number of benzene rings is 1. The molecule has 2 aromatic heterocycles. The summed E-state index contributed by atoms with van der Waals surface area (Å²) in [4.78, 5) is 42.3. The zero-order chi connectivity index (χ0) is 24.9. The first-order valence-electron chi connectivity index (χ1n) is 11.2. The summed E-state index contributed by atoms with van der Waals surface area (Å²) in [5.41, 5.74) is 3.09. The fraction of sp³-hybridized carbons (Fsp3) is 0.308. The maximum atomic E-state index is 13.8. The average Bonchev–Trinajstić information content (AvgIpc) is 3.20. The quantitative estimate of drug-likeness (QED) is 0.444. The van der Waals surface area contributed by atoms with Crippen molar-refractivity contribution in [3.8, 4) is 5.69 Å². The van der Waals surface area contributed by atoms with Crippen molar-refractivity contribution < 1.29 is 14.2 Å². The van der Waals surface area contributed by atoms with E-state index >= 15 is 0 Å². The molecule has 0 bridgehead atoms. The molecule has 34 heavy (non-hydrogen) atoms. The van der Waals surface area contributed by atoms with Crippen molar-refractivity contribution >= 4 is 34.7 Å². The van der Waals surface area contributed by atoms with Gasteiger partial charge >= 0.3 is 5.91 Å². The van der Waals surface area contributed by atoms with Crippen LogP contribution in [0.3, 0.4) is 0 Å². The van der Waals surface area contributed by atoms with E-state index in [1.165, 1.54) is 9.58 Å². The number of nitrogens with one attached hydrogen (secondary N) is 1. The van der Waals surface area contributed by atoms with Crippen molar-refractivity contribution in [2.45, 2.75) is 53.5 Å². The SMILES string of the molecule is Cc1cc(C)c[n+](C2=C(c3c(C(C)C)[nH]n(-c4cccc(Cl)c4)c3=O)C(=O)N(C(C)C)C2=O)c1. The predicted octanol–water partition coefficient (Wildman–Crippen LogP) is 3.99. The maximum absolute atomic E-state index is 13.8. The third-order valence-electron chi connectivity index (χ3n) is 5.82. The number of carbonyl (C=O) groups excluding carboxylic acids is 2. The molecular weight excluding hydrogens is 452 g/mol. The molecule has 0 fully saturated rings. The lowest BCUT2D eigenvalue weighted by Gasteiger charge is -2.18. The number of pyridine rings is 1. The van der Waals surface area contributed by atoms with Crippen LogP contribution in [-0.4, -0.2) is 32.5 Å². The molecule has 0 aliphatic carbocycles. The van der Waals surface area contributed by atoms with Crippen molar-refractivity contribution in [2.75, 3.05) is 0 Å². The molecule has 0 spiro atoms. The Morgan fingerprint density at radius 2 is 1.59 bits per heavy atom. The third kappa shape index (κ3) is 3.90. The highest BCUT2D eigenvalue weighted by Crippen LogP contribution is 2.33. The minimum absolute atomic E-state index is 0.111. The Morgan fingerprint density at radius 1 is 0.941 bits per heavy atom. The molecule has 0 unspecified atom stereocenters. The third-order valence-corrected chi connectivity index (χ3v) is 6.05. The van der Waals surface area contributed by atoms with Crippen molar-refractivity contribution in [3.05, 3.63) is 80.5 Å². The summed E-state index contributed by atoms with van der Waals surface area (Å²) in [6.07, 6.45) is 3.60. The highest BCUT2D eigenvalue weighted by molar-refractivity contribution is 6.44. The number of aromatic nitrogens is 3. The van der Waals surface area contributed by atoms with Crippen molar-refractivity contribution in [1.29, 1.82) is 0 Å². The van der Waals surface area contributed by atoms with Gasteiger partial charge in [-0.25, -0.2) is 4.68 Å². The smallest absolute Gasteiger partial charge is 0.294 e. The molecule has 176 valence electrons. The van der Waals surface area contributed by atoms with E-state index in [0.717, 1.165) is 11.1 Å². The van der Waals surface area contributed by atoms with Crippen LogP contribution in [0.2, 0.25) is 5.02 Å². The summed E-state index contributed by atoms with van der Waals surface area (Å²) in [7, 11) is 0. The van der Waals surface area contributed by atoms with Gasteiger partial charge in [0.25, 0.3) is 17.2 Å². The van der Waals surface area contributed by atoms with Crippen molar-refractivity contribution in [2.24, 2.45) is 0 Å². The number of nitrogens with zero attached hydrogens (tertiary/aromatic N) is 3. The number of hydrogen-bond acceptors (Lipinski definition) is 3. The molecule has 7 nitrogen and oxygen atoms in total. The number of aromatic amines is 1. The zero-order valence-electron chi connectivity index (χ0n) is 20.1. The van der Waals surface area contributed by atoms with Crippen LogP contribution in [0.1, 0.15) is 56.0 Å². The fourth-order valence-corrected chi connectivity index (χ4v) is 4.60. The fourth-order valence-electron chi connectivity index (χ4n) is 4.42. The highest BCUT2D eigenvalue weighted by atomic mass is 35.5. The minimum atomic E-state index is -0.474. The summed E-state index contributed by atoms with van der Waals surface area (Å²) < 4.78 is 3.05. The van der Waals surface area contributed by atoms with Crippen LogP contribution < -0.4 is 10.1 Å². The molecule has 2 amide bonds. The van der Waals surface area contributed by atoms with Crippen LogP contribution in [0.15, 0.2) is 47.5 Å². The van der Waals surface area contributed by atoms with E-state index in [-0.39, 0.29) is 28.8 Å². The molecule has 1 aliphatic heterocycles. The topological polar surface area (TPSA) is 79.1 Å². The monoisotopic (exact) mass is 479 g/mol. The van der Waals surface area contributed by atoms with Gasteiger partial charge in [-0.05, 0) is 57.9 Å². The summed E-state index contributed by atoms with van der Waals surface area (Å²) >= 11 is 6.17. The number of carbonyl (C=O) groups is 2. The summed E-state index contributed by atoms with van der Waals surface area (Å²) in [6, 6.07) is 8.52. The van der Waals surface area contributed by atoms with Gasteiger partial charge in [0.2, 0.25) is 0 Å². The lowest BCUT2D eigenvalue weighted by molar-refractivity contribution is -0.577. The first-order valence-corrected chi connectivity index (χ1v) is 11.6. The van der Waals surface area contributed by atoms with Crippen molar-refractivity contribution in [3.63, 3.8) is 0 Å². The largest absolute Gasteiger partial charge is 0.327 e. The van der Waals surface area contributed by atoms with Crippen molar-refractivity contribution in [1.82, 2.24) is 14.7 Å². The van der Waals surface area contributed by atoms with E-state index in [1.807, 2.05) is 33.8 Å². The lowest BCUT2D eigenvalue weighted by atomic mass is 9.98. The van der Waals surface area contributed by atoms with E-state index < -0.39 is 17.4 Å². The van der Waals surface area contributed by atoms with Crippen LogP contribution in [0.4, 0.5) is 0 Å². The predicted molar refractivity (Wildman–Crippen MR) is 132 cm³/mol. The second-order valence-electron chi connectivity index (χ2n) is 9.27. The first-order chi connectivity index (χ1) is 16.0. The molecule has 1 aromatic carbocycles. The van der Waals surface area contributed by atoms with Gasteiger partial charge in [0.15, 0.2) is 12.4 Å². The number of hydrogen-bond donors (Lipinski definition) is 1.